The molecule has 0 amide bonds. The third kappa shape index (κ3) is 7.21. The number of rotatable bonds is 12. The summed E-state index contributed by atoms with van der Waals surface area (Å²) in [7, 11) is 0. The highest BCUT2D eigenvalue weighted by Gasteiger charge is 2.52. The minimum atomic E-state index is -1.45. The van der Waals surface area contributed by atoms with Gasteiger partial charge in [0.15, 0.2) is 12.6 Å². The lowest BCUT2D eigenvalue weighted by molar-refractivity contribution is -0.338. The molecule has 0 aromatic heterocycles. The van der Waals surface area contributed by atoms with E-state index in [9.17, 15) is 25.5 Å². The van der Waals surface area contributed by atoms with Gasteiger partial charge in [0.25, 0.3) is 0 Å². The molecule has 0 unspecified atom stereocenters. The average Bonchev–Trinajstić information content (AvgIpc) is 2.92. The first kappa shape index (κ1) is 32.4. The normalized spacial score (nSPS) is 47.1. The third-order valence-electron chi connectivity index (χ3n) is 7.25. The van der Waals surface area contributed by atoms with Gasteiger partial charge in [-0.3, -0.25) is 0 Å². The highest BCUT2D eigenvalue weighted by Crippen LogP contribution is 2.33. The quantitative estimate of drug-likeness (QED) is 0.101. The molecule has 0 aromatic rings. The summed E-state index contributed by atoms with van der Waals surface area (Å²) in [5, 5.41) is 51.5. The van der Waals surface area contributed by atoms with Crippen LogP contribution in [0.2, 0.25) is 0 Å². The molecule has 0 bridgehead atoms. The Morgan fingerprint density at radius 2 is 1.26 bits per heavy atom. The summed E-state index contributed by atoms with van der Waals surface area (Å²) in [4.78, 5) is 0. The molecule has 2 aliphatic heterocycles. The van der Waals surface area contributed by atoms with Gasteiger partial charge in [-0.05, 0) is 6.42 Å². The van der Waals surface area contributed by atoms with Gasteiger partial charge in [-0.2, -0.15) is 0 Å². The van der Waals surface area contributed by atoms with Gasteiger partial charge in [0.2, 0.25) is 0 Å². The summed E-state index contributed by atoms with van der Waals surface area (Å²) in [5.74, 6) is 0. The molecule has 226 valence electrons. The van der Waals surface area contributed by atoms with Gasteiger partial charge in [0.05, 0.1) is 25.9 Å². The van der Waals surface area contributed by atoms with E-state index in [-0.39, 0.29) is 26.2 Å². The lowest BCUT2D eigenvalue weighted by Crippen LogP contribution is -2.69. The fourth-order valence-electron chi connectivity index (χ4n) is 5.09. The number of ether oxygens (including phenoxy) is 6. The summed E-state index contributed by atoms with van der Waals surface area (Å²) in [6, 6.07) is -2.59. The molecule has 0 spiro atoms. The van der Waals surface area contributed by atoms with Crippen LogP contribution in [0.4, 0.5) is 0 Å². The Hall–Kier alpha value is -1.12. The first-order chi connectivity index (χ1) is 18.6. The van der Waals surface area contributed by atoms with Crippen LogP contribution in [0, 0.1) is 0 Å². The Labute approximate surface area is 227 Å². The van der Waals surface area contributed by atoms with Crippen LogP contribution in [0.15, 0.2) is 25.3 Å². The predicted octanol–water partition coefficient (Wildman–Crippen LogP) is -4.87. The SMILES string of the molecule is C=CCO[C@@H]1[C@@H](O[C@H]2O[C@H](CO)[C@@H](O)[C@H](N)[C@H]2O)[C@H](N)C[C@H](N)[C@H]1O[C@H]1O[C@H](CN)[C@@H](O)[C@H](O)[C@H]1OCC=C. The molecule has 1 saturated carbocycles. The second kappa shape index (κ2) is 14.7. The van der Waals surface area contributed by atoms with Crippen molar-refractivity contribution in [3.63, 3.8) is 0 Å². The number of hydrogen-bond donors (Lipinski definition) is 9. The molecule has 39 heavy (non-hydrogen) atoms. The van der Waals surface area contributed by atoms with Crippen LogP contribution in [-0.4, -0.2) is 144 Å². The molecule has 2 saturated heterocycles. The van der Waals surface area contributed by atoms with E-state index in [0.717, 1.165) is 0 Å². The topological polar surface area (TPSA) is 261 Å². The van der Waals surface area contributed by atoms with Crippen molar-refractivity contribution in [3.8, 4) is 0 Å². The molecule has 0 radical (unpaired) electrons. The van der Waals surface area contributed by atoms with Crippen LogP contribution in [0.3, 0.4) is 0 Å². The molecule has 2 heterocycles. The van der Waals surface area contributed by atoms with E-state index in [1.807, 2.05) is 0 Å². The number of aliphatic hydroxyl groups excluding tert-OH is 5. The van der Waals surface area contributed by atoms with Gasteiger partial charge in [-0.15, -0.1) is 13.2 Å². The Balaban J connectivity index is 1.87. The van der Waals surface area contributed by atoms with Crippen molar-refractivity contribution in [1.29, 1.82) is 0 Å². The lowest BCUT2D eigenvalue weighted by Gasteiger charge is -2.49. The maximum atomic E-state index is 10.7. The second-order valence-electron chi connectivity index (χ2n) is 9.98. The van der Waals surface area contributed by atoms with Gasteiger partial charge < -0.3 is 76.9 Å². The molecule has 15 nitrogen and oxygen atoms in total. The van der Waals surface area contributed by atoms with Crippen LogP contribution < -0.4 is 22.9 Å². The Morgan fingerprint density at radius 3 is 1.79 bits per heavy atom. The molecule has 15 atom stereocenters. The van der Waals surface area contributed by atoms with Crippen molar-refractivity contribution in [2.24, 2.45) is 22.9 Å². The second-order valence-corrected chi connectivity index (χ2v) is 9.98. The van der Waals surface area contributed by atoms with E-state index in [4.69, 9.17) is 51.4 Å². The monoisotopic (exact) mass is 564 g/mol. The summed E-state index contributed by atoms with van der Waals surface area (Å²) >= 11 is 0. The Bertz CT molecular complexity index is 782. The van der Waals surface area contributed by atoms with E-state index in [2.05, 4.69) is 13.2 Å². The van der Waals surface area contributed by atoms with Crippen molar-refractivity contribution < 1.29 is 54.0 Å². The zero-order valence-electron chi connectivity index (χ0n) is 21.8. The molecule has 15 heteroatoms. The van der Waals surface area contributed by atoms with Crippen molar-refractivity contribution >= 4 is 0 Å². The highest BCUT2D eigenvalue weighted by molar-refractivity contribution is 5.02. The summed E-state index contributed by atoms with van der Waals surface area (Å²) < 4.78 is 35.4. The van der Waals surface area contributed by atoms with Crippen LogP contribution in [-0.2, 0) is 28.4 Å². The summed E-state index contributed by atoms with van der Waals surface area (Å²) in [6.45, 7) is 6.67. The fourth-order valence-corrected chi connectivity index (χ4v) is 5.09. The predicted molar refractivity (Wildman–Crippen MR) is 136 cm³/mol. The van der Waals surface area contributed by atoms with Gasteiger partial charge in [0, 0.05) is 18.6 Å². The Morgan fingerprint density at radius 1 is 0.718 bits per heavy atom. The van der Waals surface area contributed by atoms with Crippen LogP contribution in [0.25, 0.3) is 0 Å². The van der Waals surface area contributed by atoms with Gasteiger partial charge in [0.1, 0.15) is 61.0 Å². The number of aliphatic hydroxyl groups is 5. The molecular weight excluding hydrogens is 520 g/mol. The minimum Gasteiger partial charge on any atom is -0.394 e. The van der Waals surface area contributed by atoms with E-state index in [0.29, 0.717) is 0 Å². The number of hydrogen-bond acceptors (Lipinski definition) is 15. The van der Waals surface area contributed by atoms with Crippen LogP contribution >= 0.6 is 0 Å². The van der Waals surface area contributed by atoms with E-state index in [1.165, 1.54) is 12.2 Å². The zero-order valence-corrected chi connectivity index (χ0v) is 21.8. The minimum absolute atomic E-state index is 0.0315. The molecule has 3 fully saturated rings. The van der Waals surface area contributed by atoms with Crippen LogP contribution in [0.1, 0.15) is 6.42 Å². The standard InChI is InChI=1S/C24H44N4O11/c1-3-5-34-21-18(33)16(31)12(8-25)36-24(21)39-20-11(27)7-10(26)19(22(20)35-6-4-2)38-23-17(32)14(28)15(30)13(9-29)37-23/h3-4,10-24,29-33H,1-2,5-9,25-28H2/t10-,11+,12-,13-,14+,15-,16-,17-,18+,19+,20-,21-,22-,23-,24-/m1/s1. The molecule has 13 N–H and O–H groups in total. The van der Waals surface area contributed by atoms with Gasteiger partial charge in [-0.1, -0.05) is 12.2 Å². The lowest BCUT2D eigenvalue weighted by atomic mass is 9.84. The summed E-state index contributed by atoms with van der Waals surface area (Å²) in [5.41, 5.74) is 24.5. The van der Waals surface area contributed by atoms with Crippen LogP contribution in [0.5, 0.6) is 0 Å². The number of nitrogens with two attached hydrogens (primary N) is 4. The van der Waals surface area contributed by atoms with E-state index >= 15 is 0 Å². The van der Waals surface area contributed by atoms with Gasteiger partial charge in [-0.25, -0.2) is 0 Å². The third-order valence-corrected chi connectivity index (χ3v) is 7.25. The maximum Gasteiger partial charge on any atom is 0.187 e. The van der Waals surface area contributed by atoms with Crippen molar-refractivity contribution in [2.45, 2.75) is 98.2 Å². The van der Waals surface area contributed by atoms with Crippen molar-refractivity contribution in [1.82, 2.24) is 0 Å². The smallest absolute Gasteiger partial charge is 0.187 e. The zero-order chi connectivity index (χ0) is 28.9. The molecule has 3 aliphatic rings. The first-order valence-corrected chi connectivity index (χ1v) is 13.0. The maximum absolute atomic E-state index is 10.7. The van der Waals surface area contributed by atoms with Crippen molar-refractivity contribution in [3.05, 3.63) is 25.3 Å². The highest BCUT2D eigenvalue weighted by atomic mass is 16.7. The van der Waals surface area contributed by atoms with E-state index in [1.54, 1.807) is 0 Å². The molecular formula is C24H44N4O11. The molecule has 0 aromatic carbocycles. The van der Waals surface area contributed by atoms with Gasteiger partial charge >= 0.3 is 0 Å². The fraction of sp³-hybridized carbons (Fsp3) is 0.833. The van der Waals surface area contributed by atoms with E-state index < -0.39 is 98.4 Å². The van der Waals surface area contributed by atoms with Crippen molar-refractivity contribution in [2.75, 3.05) is 26.4 Å². The molecule has 3 rings (SSSR count). The largest absolute Gasteiger partial charge is 0.394 e. The first-order valence-electron chi connectivity index (χ1n) is 13.0. The average molecular weight is 565 g/mol. The summed E-state index contributed by atoms with van der Waals surface area (Å²) in [6.07, 6.45) is -11.0. The molecule has 1 aliphatic carbocycles. The Kier molecular flexibility index (Phi) is 12.2.